The number of anilines is 2. The summed E-state index contributed by atoms with van der Waals surface area (Å²) in [5.74, 6) is 1.49. The van der Waals surface area contributed by atoms with Crippen LogP contribution >= 0.6 is 23.2 Å². The normalized spacial score (nSPS) is 12.0. The Bertz CT molecular complexity index is 875. The van der Waals surface area contributed by atoms with E-state index in [4.69, 9.17) is 23.2 Å². The number of hydrogen-bond acceptors (Lipinski definition) is 5. The van der Waals surface area contributed by atoms with Gasteiger partial charge in [-0.05, 0) is 24.1 Å². The largest absolute Gasteiger partial charge is 0.384 e. The van der Waals surface area contributed by atoms with Gasteiger partial charge < -0.3 is 15.2 Å². The first-order chi connectivity index (χ1) is 12.0. The summed E-state index contributed by atoms with van der Waals surface area (Å²) in [6, 6.07) is 8.20. The molecule has 3 rings (SSSR count). The van der Waals surface area contributed by atoms with Crippen molar-refractivity contribution in [2.24, 2.45) is 7.05 Å². The van der Waals surface area contributed by atoms with Gasteiger partial charge in [-0.25, -0.2) is 9.97 Å². The van der Waals surface area contributed by atoms with Crippen molar-refractivity contribution in [1.29, 1.82) is 0 Å². The molecule has 1 atom stereocenters. The molecule has 0 aliphatic heterocycles. The van der Waals surface area contributed by atoms with Crippen molar-refractivity contribution in [3.8, 4) is 11.4 Å². The first-order valence-electron chi connectivity index (χ1n) is 7.74. The summed E-state index contributed by atoms with van der Waals surface area (Å²) in [6.45, 7) is 2.06. The summed E-state index contributed by atoms with van der Waals surface area (Å²) in [6.07, 6.45) is 3.44. The second-order valence-corrected chi connectivity index (χ2v) is 6.36. The van der Waals surface area contributed by atoms with E-state index in [2.05, 4.69) is 44.6 Å². The number of hydrogen-bond donors (Lipinski definition) is 2. The number of aryl methyl sites for hydroxylation is 1. The van der Waals surface area contributed by atoms with Gasteiger partial charge in [-0.2, -0.15) is 4.98 Å². The number of nitrogens with zero attached hydrogens (tertiary/aromatic N) is 4. The number of rotatable bonds is 5. The number of nitrogens with one attached hydrogen (secondary N) is 2. The van der Waals surface area contributed by atoms with Gasteiger partial charge in [-0.1, -0.05) is 35.9 Å². The maximum Gasteiger partial charge on any atom is 0.224 e. The fraction of sp³-hybridized carbons (Fsp3) is 0.235. The Morgan fingerprint density at radius 2 is 1.84 bits per heavy atom. The van der Waals surface area contributed by atoms with Crippen LogP contribution in [0.2, 0.25) is 10.4 Å². The van der Waals surface area contributed by atoms with Crippen molar-refractivity contribution < 1.29 is 0 Å². The number of benzene rings is 1. The Morgan fingerprint density at radius 1 is 1.12 bits per heavy atom. The lowest BCUT2D eigenvalue weighted by molar-refractivity contribution is 0.871. The third-order valence-corrected chi connectivity index (χ3v) is 4.26. The predicted molar refractivity (Wildman–Crippen MR) is 102 cm³/mol. The number of halogens is 2. The molecule has 0 radical (unpaired) electrons. The van der Waals surface area contributed by atoms with E-state index >= 15 is 0 Å². The van der Waals surface area contributed by atoms with Gasteiger partial charge in [0.1, 0.15) is 11.0 Å². The van der Waals surface area contributed by atoms with Crippen molar-refractivity contribution >= 4 is 34.7 Å². The maximum absolute atomic E-state index is 5.96. The molecule has 6 nitrogen and oxygen atoms in total. The van der Waals surface area contributed by atoms with Crippen molar-refractivity contribution in [3.63, 3.8) is 0 Å². The standard InChI is InChI=1S/C17H18Cl2N6/c1-10(22-15-13(20-2)8-21-17(19)24-15)11-4-6-12(7-5-11)16-23-14(18)9-25(16)3/h4-10,20H,1-3H3,(H,21,22,24). The second-order valence-electron chi connectivity index (χ2n) is 5.64. The van der Waals surface area contributed by atoms with E-state index in [-0.39, 0.29) is 11.3 Å². The van der Waals surface area contributed by atoms with Crippen LogP contribution in [0.4, 0.5) is 11.5 Å². The van der Waals surface area contributed by atoms with Crippen LogP contribution in [0, 0.1) is 0 Å². The fourth-order valence-corrected chi connectivity index (χ4v) is 2.92. The lowest BCUT2D eigenvalue weighted by Crippen LogP contribution is -2.10. The van der Waals surface area contributed by atoms with Gasteiger partial charge >= 0.3 is 0 Å². The molecule has 2 aromatic heterocycles. The molecule has 0 aliphatic carbocycles. The molecule has 3 aromatic rings. The zero-order chi connectivity index (χ0) is 18.0. The summed E-state index contributed by atoms with van der Waals surface area (Å²) in [5, 5.41) is 7.09. The molecule has 2 N–H and O–H groups in total. The predicted octanol–water partition coefficient (Wildman–Crippen LogP) is 4.40. The average Bonchev–Trinajstić information content (AvgIpc) is 2.93. The third kappa shape index (κ3) is 3.86. The highest BCUT2D eigenvalue weighted by atomic mass is 35.5. The lowest BCUT2D eigenvalue weighted by Gasteiger charge is -2.17. The van der Waals surface area contributed by atoms with E-state index in [1.54, 1.807) is 12.4 Å². The highest BCUT2D eigenvalue weighted by molar-refractivity contribution is 6.29. The summed E-state index contributed by atoms with van der Waals surface area (Å²) in [5.41, 5.74) is 2.91. The molecule has 0 aliphatic rings. The quantitative estimate of drug-likeness (QED) is 0.645. The lowest BCUT2D eigenvalue weighted by atomic mass is 10.1. The molecular weight excluding hydrogens is 359 g/mol. The van der Waals surface area contributed by atoms with Crippen molar-refractivity contribution in [3.05, 3.63) is 52.7 Å². The molecule has 1 unspecified atom stereocenters. The highest BCUT2D eigenvalue weighted by Gasteiger charge is 2.12. The van der Waals surface area contributed by atoms with Gasteiger partial charge in [0.25, 0.3) is 0 Å². The Kier molecular flexibility index (Phi) is 5.11. The molecular formula is C17H18Cl2N6. The van der Waals surface area contributed by atoms with Crippen LogP contribution in [0.3, 0.4) is 0 Å². The summed E-state index contributed by atoms with van der Waals surface area (Å²) >= 11 is 11.9. The van der Waals surface area contributed by atoms with E-state index in [0.29, 0.717) is 11.0 Å². The molecule has 0 saturated heterocycles. The van der Waals surface area contributed by atoms with E-state index in [1.165, 1.54) is 0 Å². The van der Waals surface area contributed by atoms with Crippen LogP contribution in [0.5, 0.6) is 0 Å². The maximum atomic E-state index is 5.96. The third-order valence-electron chi connectivity index (χ3n) is 3.90. The minimum atomic E-state index is 0.0390. The van der Waals surface area contributed by atoms with Crippen molar-refractivity contribution in [2.45, 2.75) is 13.0 Å². The number of aromatic nitrogens is 4. The molecule has 25 heavy (non-hydrogen) atoms. The van der Waals surface area contributed by atoms with Crippen LogP contribution < -0.4 is 10.6 Å². The molecule has 1 aromatic carbocycles. The van der Waals surface area contributed by atoms with E-state index in [9.17, 15) is 0 Å². The Balaban J connectivity index is 1.80. The monoisotopic (exact) mass is 376 g/mol. The van der Waals surface area contributed by atoms with Crippen LogP contribution in [0.1, 0.15) is 18.5 Å². The van der Waals surface area contributed by atoms with E-state index in [0.717, 1.165) is 22.6 Å². The summed E-state index contributed by atoms with van der Waals surface area (Å²) in [4.78, 5) is 12.5. The smallest absolute Gasteiger partial charge is 0.224 e. The van der Waals surface area contributed by atoms with Gasteiger partial charge in [-0.15, -0.1) is 0 Å². The molecule has 0 saturated carbocycles. The summed E-state index contributed by atoms with van der Waals surface area (Å²) < 4.78 is 1.90. The SMILES string of the molecule is CNc1cnc(Cl)nc1NC(C)c1ccc(-c2nc(Cl)cn2C)cc1. The van der Waals surface area contributed by atoms with Crippen LogP contribution in [-0.2, 0) is 7.05 Å². The molecule has 0 amide bonds. The summed E-state index contributed by atoms with van der Waals surface area (Å²) in [7, 11) is 3.74. The van der Waals surface area contributed by atoms with Gasteiger partial charge in [0, 0.05) is 25.9 Å². The van der Waals surface area contributed by atoms with E-state index in [1.807, 2.05) is 30.8 Å². The minimum Gasteiger partial charge on any atom is -0.384 e. The van der Waals surface area contributed by atoms with Crippen molar-refractivity contribution in [1.82, 2.24) is 19.5 Å². The zero-order valence-electron chi connectivity index (χ0n) is 14.1. The topological polar surface area (TPSA) is 67.7 Å². The Hall–Kier alpha value is -2.31. The zero-order valence-corrected chi connectivity index (χ0v) is 15.6. The molecule has 8 heteroatoms. The molecule has 0 fully saturated rings. The molecule has 0 spiro atoms. The first kappa shape index (κ1) is 17.5. The molecule has 0 bridgehead atoms. The number of imidazole rings is 1. The van der Waals surface area contributed by atoms with Gasteiger partial charge in [0.2, 0.25) is 5.28 Å². The fourth-order valence-electron chi connectivity index (χ4n) is 2.56. The van der Waals surface area contributed by atoms with Gasteiger partial charge in [-0.3, -0.25) is 0 Å². The van der Waals surface area contributed by atoms with E-state index < -0.39 is 0 Å². The van der Waals surface area contributed by atoms with Crippen LogP contribution in [0.15, 0.2) is 36.7 Å². The molecule has 2 heterocycles. The van der Waals surface area contributed by atoms with Crippen molar-refractivity contribution in [2.75, 3.05) is 17.7 Å². The minimum absolute atomic E-state index is 0.0390. The first-order valence-corrected chi connectivity index (χ1v) is 8.49. The Morgan fingerprint density at radius 3 is 2.44 bits per heavy atom. The van der Waals surface area contributed by atoms with Gasteiger partial charge in [0.15, 0.2) is 5.82 Å². The highest BCUT2D eigenvalue weighted by Crippen LogP contribution is 2.26. The average molecular weight is 377 g/mol. The second kappa shape index (κ2) is 7.29. The Labute approximate surface area is 156 Å². The van der Waals surface area contributed by atoms with Gasteiger partial charge in [0.05, 0.1) is 17.9 Å². The van der Waals surface area contributed by atoms with Crippen LogP contribution in [0.25, 0.3) is 11.4 Å². The van der Waals surface area contributed by atoms with Crippen LogP contribution in [-0.4, -0.2) is 26.6 Å². The molecule has 130 valence electrons.